The van der Waals surface area contributed by atoms with Crippen LogP contribution in [0.2, 0.25) is 0 Å². The van der Waals surface area contributed by atoms with Crippen molar-refractivity contribution in [1.29, 1.82) is 0 Å². The minimum atomic E-state index is 0.188. The lowest BCUT2D eigenvalue weighted by molar-refractivity contribution is -0.133. The molecule has 8 nitrogen and oxygen atoms in total. The van der Waals surface area contributed by atoms with Gasteiger partial charge in [-0.05, 0) is 36.4 Å². The highest BCUT2D eigenvalue weighted by Crippen LogP contribution is 2.23. The average Bonchev–Trinajstić information content (AvgIpc) is 3.50. The van der Waals surface area contributed by atoms with Crippen molar-refractivity contribution in [3.8, 4) is 17.1 Å². The summed E-state index contributed by atoms with van der Waals surface area (Å²) in [6.45, 7) is 3.56. The molecule has 4 aromatic rings. The predicted molar refractivity (Wildman–Crippen MR) is 126 cm³/mol. The van der Waals surface area contributed by atoms with Gasteiger partial charge < -0.3 is 14.2 Å². The number of para-hydroxylation sites is 1. The summed E-state index contributed by atoms with van der Waals surface area (Å²) in [6.07, 6.45) is 1.18. The molecule has 0 spiro atoms. The molecule has 0 unspecified atom stereocenters. The maximum absolute atomic E-state index is 12.7. The number of piperazine rings is 1. The number of carbonyl (C=O) groups excluding carboxylic acids is 1. The Balaban J connectivity index is 1.09. The van der Waals surface area contributed by atoms with E-state index in [4.69, 9.17) is 9.26 Å². The SMILES string of the molecule is COc1ccc(-c2noc(CN3CCN(C(=O)CCc4nc5ccccc5s4)CC3)n2)cc1. The van der Waals surface area contributed by atoms with E-state index in [1.807, 2.05) is 47.4 Å². The number of carbonyl (C=O) groups is 1. The monoisotopic (exact) mass is 463 g/mol. The molecule has 3 heterocycles. The van der Waals surface area contributed by atoms with Crippen LogP contribution in [0, 0.1) is 0 Å². The highest BCUT2D eigenvalue weighted by molar-refractivity contribution is 7.18. The molecule has 1 aliphatic rings. The highest BCUT2D eigenvalue weighted by atomic mass is 32.1. The molecule has 2 aromatic heterocycles. The summed E-state index contributed by atoms with van der Waals surface area (Å²) in [7, 11) is 1.64. The van der Waals surface area contributed by atoms with E-state index in [2.05, 4.69) is 26.1 Å². The first kappa shape index (κ1) is 21.5. The fourth-order valence-corrected chi connectivity index (χ4v) is 4.89. The molecule has 1 saturated heterocycles. The van der Waals surface area contributed by atoms with E-state index < -0.39 is 0 Å². The number of aromatic nitrogens is 3. The number of nitrogens with zero attached hydrogens (tertiary/aromatic N) is 5. The van der Waals surface area contributed by atoms with Crippen LogP contribution in [0.15, 0.2) is 53.1 Å². The molecule has 1 fully saturated rings. The van der Waals surface area contributed by atoms with Gasteiger partial charge in [0.05, 0.1) is 28.9 Å². The van der Waals surface area contributed by atoms with Gasteiger partial charge in [-0.3, -0.25) is 9.69 Å². The summed E-state index contributed by atoms with van der Waals surface area (Å²) in [4.78, 5) is 26.0. The Labute approximate surface area is 195 Å². The third-order valence-electron chi connectivity index (χ3n) is 5.79. The standard InChI is InChI=1S/C24H25N5O3S/c1-31-18-8-6-17(7-9-18)24-26-21(32-27-24)16-28-12-14-29(15-13-28)23(30)11-10-22-25-19-4-2-3-5-20(19)33-22/h2-9H,10-16H2,1H3. The number of methoxy groups -OCH3 is 1. The summed E-state index contributed by atoms with van der Waals surface area (Å²) in [5.74, 6) is 2.12. The van der Waals surface area contributed by atoms with Crippen LogP contribution in [0.25, 0.3) is 21.6 Å². The molecule has 0 atom stereocenters. The number of aryl methyl sites for hydroxylation is 1. The Morgan fingerprint density at radius 1 is 1.06 bits per heavy atom. The quantitative estimate of drug-likeness (QED) is 0.414. The Kier molecular flexibility index (Phi) is 6.32. The number of rotatable bonds is 7. The van der Waals surface area contributed by atoms with E-state index in [-0.39, 0.29) is 5.91 Å². The van der Waals surface area contributed by atoms with E-state index in [9.17, 15) is 4.79 Å². The number of ether oxygens (including phenoxy) is 1. The second kappa shape index (κ2) is 9.68. The summed E-state index contributed by atoms with van der Waals surface area (Å²) >= 11 is 1.67. The number of thiazole rings is 1. The zero-order chi connectivity index (χ0) is 22.6. The number of amides is 1. The predicted octanol–water partition coefficient (Wildman–Crippen LogP) is 3.63. The Morgan fingerprint density at radius 3 is 2.61 bits per heavy atom. The fraction of sp³-hybridized carbons (Fsp3) is 0.333. The first-order chi connectivity index (χ1) is 16.2. The molecule has 170 valence electrons. The molecular weight excluding hydrogens is 438 g/mol. The van der Waals surface area contributed by atoms with Crippen molar-refractivity contribution in [2.75, 3.05) is 33.3 Å². The molecule has 0 N–H and O–H groups in total. The second-order valence-electron chi connectivity index (χ2n) is 7.97. The number of hydrogen-bond donors (Lipinski definition) is 0. The lowest BCUT2D eigenvalue weighted by Gasteiger charge is -2.34. The molecule has 0 radical (unpaired) electrons. The molecular formula is C24H25N5O3S. The van der Waals surface area contributed by atoms with E-state index in [1.165, 1.54) is 4.70 Å². The van der Waals surface area contributed by atoms with Gasteiger partial charge in [-0.25, -0.2) is 4.98 Å². The van der Waals surface area contributed by atoms with Gasteiger partial charge in [-0.15, -0.1) is 11.3 Å². The van der Waals surface area contributed by atoms with Gasteiger partial charge in [0.15, 0.2) is 0 Å². The van der Waals surface area contributed by atoms with Gasteiger partial charge >= 0.3 is 0 Å². The van der Waals surface area contributed by atoms with Crippen LogP contribution in [0.4, 0.5) is 0 Å². The van der Waals surface area contributed by atoms with Crippen molar-refractivity contribution in [2.24, 2.45) is 0 Å². The van der Waals surface area contributed by atoms with Crippen molar-refractivity contribution in [3.63, 3.8) is 0 Å². The van der Waals surface area contributed by atoms with Gasteiger partial charge in [0.1, 0.15) is 5.75 Å². The van der Waals surface area contributed by atoms with Crippen molar-refractivity contribution in [3.05, 3.63) is 59.4 Å². The Hall–Kier alpha value is -3.30. The fourth-order valence-electron chi connectivity index (χ4n) is 3.92. The molecule has 33 heavy (non-hydrogen) atoms. The molecule has 1 aliphatic heterocycles. The van der Waals surface area contributed by atoms with Crippen LogP contribution < -0.4 is 4.74 Å². The normalized spacial score (nSPS) is 14.6. The Morgan fingerprint density at radius 2 is 1.85 bits per heavy atom. The minimum absolute atomic E-state index is 0.188. The van der Waals surface area contributed by atoms with Crippen LogP contribution in [0.3, 0.4) is 0 Å². The molecule has 0 aliphatic carbocycles. The van der Waals surface area contributed by atoms with Crippen LogP contribution >= 0.6 is 11.3 Å². The number of benzene rings is 2. The van der Waals surface area contributed by atoms with Crippen LogP contribution in [0.1, 0.15) is 17.3 Å². The summed E-state index contributed by atoms with van der Waals surface area (Å²) in [5.41, 5.74) is 1.89. The summed E-state index contributed by atoms with van der Waals surface area (Å²) in [5, 5.41) is 5.12. The van der Waals surface area contributed by atoms with Crippen LogP contribution in [-0.2, 0) is 17.8 Å². The number of fused-ring (bicyclic) bond motifs is 1. The number of hydrogen-bond acceptors (Lipinski definition) is 8. The van der Waals surface area contributed by atoms with Gasteiger partial charge in [0.2, 0.25) is 17.6 Å². The van der Waals surface area contributed by atoms with E-state index in [0.717, 1.165) is 34.9 Å². The smallest absolute Gasteiger partial charge is 0.241 e. The maximum Gasteiger partial charge on any atom is 0.241 e. The molecule has 0 bridgehead atoms. The molecule has 1 amide bonds. The highest BCUT2D eigenvalue weighted by Gasteiger charge is 2.23. The van der Waals surface area contributed by atoms with Gasteiger partial charge in [-0.2, -0.15) is 4.98 Å². The first-order valence-electron chi connectivity index (χ1n) is 11.0. The third-order valence-corrected chi connectivity index (χ3v) is 6.89. The van der Waals surface area contributed by atoms with Crippen molar-refractivity contribution in [2.45, 2.75) is 19.4 Å². The maximum atomic E-state index is 12.7. The first-order valence-corrected chi connectivity index (χ1v) is 11.8. The zero-order valence-electron chi connectivity index (χ0n) is 18.4. The lowest BCUT2D eigenvalue weighted by atomic mass is 10.2. The van der Waals surface area contributed by atoms with E-state index >= 15 is 0 Å². The molecule has 0 saturated carbocycles. The summed E-state index contributed by atoms with van der Waals surface area (Å²) in [6, 6.07) is 15.7. The van der Waals surface area contributed by atoms with E-state index in [1.54, 1.807) is 18.4 Å². The van der Waals surface area contributed by atoms with Crippen LogP contribution in [0.5, 0.6) is 5.75 Å². The van der Waals surface area contributed by atoms with Crippen molar-refractivity contribution < 1.29 is 14.1 Å². The van der Waals surface area contributed by atoms with Crippen molar-refractivity contribution >= 4 is 27.5 Å². The molecule has 2 aromatic carbocycles. The molecule has 9 heteroatoms. The minimum Gasteiger partial charge on any atom is -0.497 e. The van der Waals surface area contributed by atoms with Crippen LogP contribution in [-0.4, -0.2) is 64.1 Å². The van der Waals surface area contributed by atoms with Gasteiger partial charge in [0.25, 0.3) is 0 Å². The van der Waals surface area contributed by atoms with Gasteiger partial charge in [0, 0.05) is 44.6 Å². The molecule has 5 rings (SSSR count). The topological polar surface area (TPSA) is 84.6 Å². The van der Waals surface area contributed by atoms with Gasteiger partial charge in [-0.1, -0.05) is 17.3 Å². The van der Waals surface area contributed by atoms with Crippen molar-refractivity contribution in [1.82, 2.24) is 24.9 Å². The third kappa shape index (κ3) is 5.04. The zero-order valence-corrected chi connectivity index (χ0v) is 19.3. The average molecular weight is 464 g/mol. The summed E-state index contributed by atoms with van der Waals surface area (Å²) < 4.78 is 11.8. The lowest BCUT2D eigenvalue weighted by Crippen LogP contribution is -2.48. The second-order valence-corrected chi connectivity index (χ2v) is 9.09. The van der Waals surface area contributed by atoms with E-state index in [0.29, 0.717) is 44.2 Å². The largest absolute Gasteiger partial charge is 0.497 e. The Bertz CT molecular complexity index is 1200.